The van der Waals surface area contributed by atoms with E-state index < -0.39 is 23.5 Å². The number of rotatable bonds is 7. The van der Waals surface area contributed by atoms with Crippen LogP contribution in [0.2, 0.25) is 0 Å². The highest BCUT2D eigenvalue weighted by Gasteiger charge is 2.25. The van der Waals surface area contributed by atoms with Crippen molar-refractivity contribution in [2.45, 2.75) is 32.9 Å². The van der Waals surface area contributed by atoms with Crippen molar-refractivity contribution in [1.82, 2.24) is 19.7 Å². The number of methoxy groups -OCH3 is 1. The fourth-order valence-corrected chi connectivity index (χ4v) is 4.44. The zero-order chi connectivity index (χ0) is 20.4. The zero-order valence-corrected chi connectivity index (χ0v) is 16.9. The summed E-state index contributed by atoms with van der Waals surface area (Å²) in [6.07, 6.45) is 1.61. The molecule has 1 amide bonds. The first-order valence-corrected chi connectivity index (χ1v) is 9.86. The van der Waals surface area contributed by atoms with Crippen LogP contribution in [-0.2, 0) is 16.1 Å². The molecule has 1 atom stereocenters. The monoisotopic (exact) mass is 423 g/mol. The molecule has 3 rings (SSSR count). The number of carbonyl (C=O) groups is 2. The van der Waals surface area contributed by atoms with Crippen LogP contribution in [0.4, 0.5) is 5.13 Å². The van der Waals surface area contributed by atoms with Gasteiger partial charge in [0.1, 0.15) is 27.4 Å². The van der Waals surface area contributed by atoms with E-state index >= 15 is 0 Å². The molecule has 3 aromatic heterocycles. The van der Waals surface area contributed by atoms with E-state index in [1.807, 2.05) is 0 Å². The first-order chi connectivity index (χ1) is 13.4. The van der Waals surface area contributed by atoms with Gasteiger partial charge in [-0.1, -0.05) is 18.3 Å². The van der Waals surface area contributed by atoms with Gasteiger partial charge in [0, 0.05) is 7.11 Å². The van der Waals surface area contributed by atoms with E-state index in [0.717, 1.165) is 11.3 Å². The van der Waals surface area contributed by atoms with Crippen LogP contribution in [0.5, 0.6) is 0 Å². The van der Waals surface area contributed by atoms with E-state index in [1.165, 1.54) is 29.3 Å². The Hall–Kier alpha value is -2.70. The van der Waals surface area contributed by atoms with Gasteiger partial charge in [-0.15, -0.1) is 21.5 Å². The smallest absolute Gasteiger partial charge is 0.346 e. The predicted octanol–water partition coefficient (Wildman–Crippen LogP) is 2.05. The highest BCUT2D eigenvalue weighted by Crippen LogP contribution is 2.27. The topological polar surface area (TPSA) is 136 Å². The number of carbonyl (C=O) groups excluding carboxylic acids is 1. The molecule has 148 valence electrons. The lowest BCUT2D eigenvalue weighted by atomic mass is 10.2. The SMILES string of the molecule is CCC(C(=O)Nc1nnc(COC)s1)n1cnc2sc(C(=O)O)c(C)c2c1=O. The first-order valence-electron chi connectivity index (χ1n) is 8.23. The lowest BCUT2D eigenvalue weighted by molar-refractivity contribution is -0.119. The van der Waals surface area contributed by atoms with Crippen LogP contribution < -0.4 is 10.9 Å². The number of amides is 1. The minimum Gasteiger partial charge on any atom is -0.477 e. The molecule has 10 nitrogen and oxygen atoms in total. The summed E-state index contributed by atoms with van der Waals surface area (Å²) < 4.78 is 6.19. The molecule has 0 aromatic carbocycles. The Kier molecular flexibility index (Phi) is 5.82. The van der Waals surface area contributed by atoms with Gasteiger partial charge in [-0.2, -0.15) is 0 Å². The molecule has 1 unspecified atom stereocenters. The maximum atomic E-state index is 12.9. The summed E-state index contributed by atoms with van der Waals surface area (Å²) >= 11 is 2.12. The van der Waals surface area contributed by atoms with Crippen LogP contribution in [0.15, 0.2) is 11.1 Å². The van der Waals surface area contributed by atoms with Gasteiger partial charge in [-0.3, -0.25) is 19.5 Å². The largest absolute Gasteiger partial charge is 0.477 e. The van der Waals surface area contributed by atoms with Gasteiger partial charge in [0.15, 0.2) is 0 Å². The van der Waals surface area contributed by atoms with Gasteiger partial charge in [-0.25, -0.2) is 9.78 Å². The second-order valence-electron chi connectivity index (χ2n) is 5.85. The van der Waals surface area contributed by atoms with Crippen LogP contribution in [-0.4, -0.2) is 43.8 Å². The van der Waals surface area contributed by atoms with Gasteiger partial charge in [0.2, 0.25) is 11.0 Å². The summed E-state index contributed by atoms with van der Waals surface area (Å²) in [5.74, 6) is -1.54. The van der Waals surface area contributed by atoms with Crippen molar-refractivity contribution >= 4 is 49.9 Å². The molecule has 12 heteroatoms. The summed E-state index contributed by atoms with van der Waals surface area (Å²) in [5.41, 5.74) is -0.103. The van der Waals surface area contributed by atoms with Crippen LogP contribution in [0, 0.1) is 6.92 Å². The van der Waals surface area contributed by atoms with Crippen LogP contribution in [0.25, 0.3) is 10.2 Å². The van der Waals surface area contributed by atoms with E-state index in [-0.39, 0.29) is 16.9 Å². The zero-order valence-electron chi connectivity index (χ0n) is 15.3. The quantitative estimate of drug-likeness (QED) is 0.589. The van der Waals surface area contributed by atoms with Gasteiger partial charge < -0.3 is 9.84 Å². The fraction of sp³-hybridized carbons (Fsp3) is 0.375. The minimum absolute atomic E-state index is 0.0642. The number of fused-ring (bicyclic) bond motifs is 1. The number of hydrogen-bond acceptors (Lipinski definition) is 9. The van der Waals surface area contributed by atoms with Crippen molar-refractivity contribution in [2.24, 2.45) is 0 Å². The summed E-state index contributed by atoms with van der Waals surface area (Å²) in [4.78, 5) is 41.6. The summed E-state index contributed by atoms with van der Waals surface area (Å²) in [6, 6.07) is -0.827. The summed E-state index contributed by atoms with van der Waals surface area (Å²) in [5, 5.41) is 20.8. The number of carboxylic acids is 1. The van der Waals surface area contributed by atoms with E-state index in [4.69, 9.17) is 4.74 Å². The highest BCUT2D eigenvalue weighted by atomic mass is 32.1. The Bertz CT molecular complexity index is 1100. The maximum absolute atomic E-state index is 12.9. The second kappa shape index (κ2) is 8.12. The molecule has 0 aliphatic rings. The van der Waals surface area contributed by atoms with Gasteiger partial charge >= 0.3 is 5.97 Å². The lowest BCUT2D eigenvalue weighted by Gasteiger charge is -2.16. The first kappa shape index (κ1) is 20.0. The Morgan fingerprint density at radius 3 is 2.75 bits per heavy atom. The van der Waals surface area contributed by atoms with Crippen molar-refractivity contribution < 1.29 is 19.4 Å². The maximum Gasteiger partial charge on any atom is 0.346 e. The average Bonchev–Trinajstić information content (AvgIpc) is 3.22. The standard InChI is InChI=1S/C16H17N5O5S2/c1-4-8(12(22)18-16-20-19-9(27-16)5-26-3)21-6-17-13-10(14(21)23)7(2)11(28-13)15(24)25/h6,8H,4-5H2,1-3H3,(H,24,25)(H,18,20,22). The van der Waals surface area contributed by atoms with Crippen LogP contribution in [0.3, 0.4) is 0 Å². The molecule has 0 spiro atoms. The fourth-order valence-electron chi connectivity index (χ4n) is 2.75. The van der Waals surface area contributed by atoms with Crippen molar-refractivity contribution in [3.8, 4) is 0 Å². The third kappa shape index (κ3) is 3.66. The van der Waals surface area contributed by atoms with Crippen LogP contribution >= 0.6 is 22.7 Å². The van der Waals surface area contributed by atoms with Gasteiger partial charge in [-0.05, 0) is 18.9 Å². The Labute approximate surface area is 166 Å². The third-order valence-electron chi connectivity index (χ3n) is 4.06. The summed E-state index contributed by atoms with van der Waals surface area (Å²) in [7, 11) is 1.53. The molecule has 0 aliphatic carbocycles. The molecule has 0 aliphatic heterocycles. The Morgan fingerprint density at radius 1 is 1.36 bits per heavy atom. The molecular weight excluding hydrogens is 406 g/mol. The van der Waals surface area contributed by atoms with Crippen molar-refractivity contribution in [2.75, 3.05) is 12.4 Å². The number of nitrogens with zero attached hydrogens (tertiary/aromatic N) is 4. The molecule has 0 bridgehead atoms. The molecule has 2 N–H and O–H groups in total. The molecule has 0 radical (unpaired) electrons. The number of thiophene rings is 1. The Balaban J connectivity index is 1.95. The average molecular weight is 423 g/mol. The van der Waals surface area contributed by atoms with Crippen molar-refractivity contribution in [3.05, 3.63) is 32.1 Å². The highest BCUT2D eigenvalue weighted by molar-refractivity contribution is 7.20. The minimum atomic E-state index is -1.11. The second-order valence-corrected chi connectivity index (χ2v) is 7.91. The van der Waals surface area contributed by atoms with Gasteiger partial charge in [0.25, 0.3) is 5.56 Å². The van der Waals surface area contributed by atoms with Crippen molar-refractivity contribution in [1.29, 1.82) is 0 Å². The lowest BCUT2D eigenvalue weighted by Crippen LogP contribution is -2.33. The van der Waals surface area contributed by atoms with E-state index in [2.05, 4.69) is 20.5 Å². The molecular formula is C16H17N5O5S2. The number of aryl methyl sites for hydroxylation is 1. The molecule has 3 heterocycles. The molecule has 0 fully saturated rings. The number of nitrogens with one attached hydrogen (secondary N) is 1. The number of hydrogen-bond donors (Lipinski definition) is 2. The van der Waals surface area contributed by atoms with Crippen molar-refractivity contribution in [3.63, 3.8) is 0 Å². The number of aromatic nitrogens is 4. The predicted molar refractivity (Wildman–Crippen MR) is 104 cm³/mol. The van der Waals surface area contributed by atoms with Crippen LogP contribution in [0.1, 0.15) is 39.6 Å². The molecule has 28 heavy (non-hydrogen) atoms. The molecule has 0 saturated heterocycles. The number of ether oxygens (including phenoxy) is 1. The molecule has 3 aromatic rings. The number of anilines is 1. The van der Waals surface area contributed by atoms with Gasteiger partial charge in [0.05, 0.1) is 11.7 Å². The number of aromatic carboxylic acids is 1. The van der Waals surface area contributed by atoms with E-state index in [9.17, 15) is 19.5 Å². The Morgan fingerprint density at radius 2 is 2.11 bits per heavy atom. The normalized spacial score (nSPS) is 12.2. The number of carboxylic acid groups (broad SMARTS) is 1. The van der Waals surface area contributed by atoms with E-state index in [0.29, 0.717) is 27.0 Å². The third-order valence-corrected chi connectivity index (χ3v) is 6.06. The summed E-state index contributed by atoms with van der Waals surface area (Å²) in [6.45, 7) is 3.62. The van der Waals surface area contributed by atoms with E-state index in [1.54, 1.807) is 13.8 Å². The molecule has 0 saturated carbocycles.